The van der Waals surface area contributed by atoms with E-state index in [1.54, 1.807) is 6.07 Å². The molecule has 5 heteroatoms. The molecule has 0 fully saturated rings. The zero-order valence-corrected chi connectivity index (χ0v) is 11.3. The van der Waals surface area contributed by atoms with Gasteiger partial charge < -0.3 is 15.5 Å². The Morgan fingerprint density at radius 3 is 2.89 bits per heavy atom. The second kappa shape index (κ2) is 8.48. The lowest BCUT2D eigenvalue weighted by Gasteiger charge is -2.12. The first-order valence-electron chi connectivity index (χ1n) is 6.08. The van der Waals surface area contributed by atoms with Crippen LogP contribution >= 0.6 is 11.8 Å². The molecule has 0 radical (unpaired) electrons. The summed E-state index contributed by atoms with van der Waals surface area (Å²) in [5, 5.41) is 21.3. The lowest BCUT2D eigenvalue weighted by Crippen LogP contribution is -2.17. The highest BCUT2D eigenvalue weighted by atomic mass is 32.2. The van der Waals surface area contributed by atoms with Gasteiger partial charge in [0.15, 0.2) is 0 Å². The van der Waals surface area contributed by atoms with Gasteiger partial charge in [0.05, 0.1) is 12.7 Å². The second-order valence-corrected chi connectivity index (χ2v) is 5.08. The molecular weight excluding hydrogens is 253 g/mol. The molecule has 0 spiro atoms. The zero-order valence-electron chi connectivity index (χ0n) is 10.5. The fourth-order valence-corrected chi connectivity index (χ4v) is 2.48. The maximum Gasteiger partial charge on any atom is 0.137 e. The van der Waals surface area contributed by atoms with Crippen molar-refractivity contribution in [3.63, 3.8) is 0 Å². The predicted octanol–water partition coefficient (Wildman–Crippen LogP) is 1.77. The van der Waals surface area contributed by atoms with Crippen LogP contribution in [0.2, 0.25) is 0 Å². The zero-order chi connectivity index (χ0) is 13.4. The van der Waals surface area contributed by atoms with Crippen LogP contribution in [-0.4, -0.2) is 35.2 Å². The topological polar surface area (TPSA) is 52.5 Å². The van der Waals surface area contributed by atoms with Crippen molar-refractivity contribution in [2.45, 2.75) is 30.9 Å². The fourth-order valence-electron chi connectivity index (χ4n) is 1.49. The van der Waals surface area contributed by atoms with E-state index >= 15 is 0 Å². The van der Waals surface area contributed by atoms with E-state index < -0.39 is 6.10 Å². The highest BCUT2D eigenvalue weighted by Gasteiger charge is 2.11. The first-order valence-corrected chi connectivity index (χ1v) is 7.07. The van der Waals surface area contributed by atoms with Crippen LogP contribution in [0.1, 0.15) is 18.9 Å². The van der Waals surface area contributed by atoms with Crippen LogP contribution in [0, 0.1) is 5.82 Å². The summed E-state index contributed by atoms with van der Waals surface area (Å²) in [7, 11) is 0. The standard InChI is InChI=1S/C13H20FNO2S/c1-2-6-15-7-10-4-3-5-12(14)13(10)18-9-11(17)8-16/h3-5,11,15-17H,2,6-9H2,1H3. The molecule has 1 aromatic rings. The van der Waals surface area contributed by atoms with Gasteiger partial charge in [0.25, 0.3) is 0 Å². The van der Waals surface area contributed by atoms with Crippen LogP contribution in [0.15, 0.2) is 23.1 Å². The Kier molecular flexibility index (Phi) is 7.27. The molecule has 3 N–H and O–H groups in total. The summed E-state index contributed by atoms with van der Waals surface area (Å²) in [6.07, 6.45) is 0.215. The molecule has 0 aromatic heterocycles. The minimum Gasteiger partial charge on any atom is -0.394 e. The molecule has 0 aliphatic heterocycles. The summed E-state index contributed by atoms with van der Waals surface area (Å²) < 4.78 is 13.7. The molecule has 0 heterocycles. The molecular formula is C13H20FNO2S. The Labute approximate surface area is 111 Å². The summed E-state index contributed by atoms with van der Waals surface area (Å²) in [5.74, 6) is 0.0130. The fraction of sp³-hybridized carbons (Fsp3) is 0.538. The Hall–Kier alpha value is -0.620. The summed E-state index contributed by atoms with van der Waals surface area (Å²) in [6.45, 7) is 3.28. The third-order valence-corrected chi connectivity index (χ3v) is 3.72. The summed E-state index contributed by atoms with van der Waals surface area (Å²) in [6, 6.07) is 4.97. The minimum atomic E-state index is -0.814. The maximum atomic E-state index is 13.7. The number of aliphatic hydroxyl groups excluding tert-OH is 2. The van der Waals surface area contributed by atoms with Crippen LogP contribution in [-0.2, 0) is 6.54 Å². The highest BCUT2D eigenvalue weighted by molar-refractivity contribution is 7.99. The Balaban J connectivity index is 2.67. The van der Waals surface area contributed by atoms with E-state index in [1.807, 2.05) is 6.07 Å². The molecule has 0 aliphatic rings. The van der Waals surface area contributed by atoms with E-state index in [-0.39, 0.29) is 18.2 Å². The van der Waals surface area contributed by atoms with Gasteiger partial charge in [-0.15, -0.1) is 11.8 Å². The molecule has 1 unspecified atom stereocenters. The maximum absolute atomic E-state index is 13.7. The van der Waals surface area contributed by atoms with Gasteiger partial charge in [-0.3, -0.25) is 0 Å². The van der Waals surface area contributed by atoms with Crippen molar-refractivity contribution in [2.75, 3.05) is 18.9 Å². The van der Waals surface area contributed by atoms with Crippen molar-refractivity contribution in [3.05, 3.63) is 29.6 Å². The van der Waals surface area contributed by atoms with Gasteiger partial charge in [-0.2, -0.15) is 0 Å². The quantitative estimate of drug-likeness (QED) is 0.499. The van der Waals surface area contributed by atoms with Crippen LogP contribution in [0.5, 0.6) is 0 Å². The van der Waals surface area contributed by atoms with Crippen LogP contribution in [0.4, 0.5) is 4.39 Å². The average molecular weight is 273 g/mol. The van der Waals surface area contributed by atoms with E-state index in [0.717, 1.165) is 18.5 Å². The Morgan fingerprint density at radius 2 is 2.22 bits per heavy atom. The summed E-state index contributed by atoms with van der Waals surface area (Å²) in [4.78, 5) is 0.550. The first kappa shape index (κ1) is 15.4. The normalized spacial score (nSPS) is 12.7. The number of hydrogen-bond acceptors (Lipinski definition) is 4. The predicted molar refractivity (Wildman–Crippen MR) is 72.2 cm³/mol. The van der Waals surface area contributed by atoms with Crippen molar-refractivity contribution in [1.82, 2.24) is 5.32 Å². The lowest BCUT2D eigenvalue weighted by atomic mass is 10.2. The van der Waals surface area contributed by atoms with Gasteiger partial charge in [0, 0.05) is 17.2 Å². The smallest absolute Gasteiger partial charge is 0.137 e. The van der Waals surface area contributed by atoms with Gasteiger partial charge in [-0.25, -0.2) is 4.39 Å². The molecule has 1 atom stereocenters. The van der Waals surface area contributed by atoms with Crippen molar-refractivity contribution in [2.24, 2.45) is 0 Å². The third kappa shape index (κ3) is 4.94. The van der Waals surface area contributed by atoms with Crippen LogP contribution in [0.25, 0.3) is 0 Å². The van der Waals surface area contributed by atoms with Crippen LogP contribution < -0.4 is 5.32 Å². The van der Waals surface area contributed by atoms with E-state index in [9.17, 15) is 9.50 Å². The number of nitrogens with one attached hydrogen (secondary N) is 1. The average Bonchev–Trinajstić information content (AvgIpc) is 2.38. The first-order chi connectivity index (χ1) is 8.69. The van der Waals surface area contributed by atoms with Gasteiger partial charge in [0.1, 0.15) is 5.82 Å². The number of benzene rings is 1. The molecule has 0 saturated carbocycles. The third-order valence-electron chi connectivity index (χ3n) is 2.42. The molecule has 102 valence electrons. The largest absolute Gasteiger partial charge is 0.394 e. The van der Waals surface area contributed by atoms with Crippen molar-refractivity contribution >= 4 is 11.8 Å². The molecule has 18 heavy (non-hydrogen) atoms. The van der Waals surface area contributed by atoms with E-state index in [2.05, 4.69) is 12.2 Å². The molecule has 0 aliphatic carbocycles. The monoisotopic (exact) mass is 273 g/mol. The van der Waals surface area contributed by atoms with Crippen LogP contribution in [0.3, 0.4) is 0 Å². The van der Waals surface area contributed by atoms with Gasteiger partial charge in [-0.05, 0) is 24.6 Å². The minimum absolute atomic E-state index is 0.277. The molecule has 0 amide bonds. The number of aliphatic hydroxyl groups is 2. The number of halogens is 1. The van der Waals surface area contributed by atoms with Gasteiger partial charge in [0.2, 0.25) is 0 Å². The van der Waals surface area contributed by atoms with Crippen molar-refractivity contribution in [3.8, 4) is 0 Å². The lowest BCUT2D eigenvalue weighted by molar-refractivity contribution is 0.113. The van der Waals surface area contributed by atoms with E-state index in [1.165, 1.54) is 17.8 Å². The Bertz CT molecular complexity index is 363. The van der Waals surface area contributed by atoms with E-state index in [4.69, 9.17) is 5.11 Å². The SMILES string of the molecule is CCCNCc1cccc(F)c1SCC(O)CO. The van der Waals surface area contributed by atoms with Crippen molar-refractivity contribution < 1.29 is 14.6 Å². The summed E-state index contributed by atoms with van der Waals surface area (Å²) >= 11 is 1.24. The number of rotatable bonds is 8. The Morgan fingerprint density at radius 1 is 1.44 bits per heavy atom. The molecule has 0 saturated heterocycles. The molecule has 0 bridgehead atoms. The second-order valence-electron chi connectivity index (χ2n) is 4.05. The highest BCUT2D eigenvalue weighted by Crippen LogP contribution is 2.26. The molecule has 1 aromatic carbocycles. The number of thioether (sulfide) groups is 1. The molecule has 1 rings (SSSR count). The molecule has 3 nitrogen and oxygen atoms in total. The van der Waals surface area contributed by atoms with E-state index in [0.29, 0.717) is 11.4 Å². The van der Waals surface area contributed by atoms with Crippen molar-refractivity contribution in [1.29, 1.82) is 0 Å². The number of hydrogen-bond donors (Lipinski definition) is 3. The van der Waals surface area contributed by atoms with Gasteiger partial charge in [-0.1, -0.05) is 19.1 Å². The summed E-state index contributed by atoms with van der Waals surface area (Å²) in [5.41, 5.74) is 0.888. The van der Waals surface area contributed by atoms with Gasteiger partial charge >= 0.3 is 0 Å².